The highest BCUT2D eigenvalue weighted by Crippen LogP contribution is 2.16. The number of benzene rings is 2. The molecule has 4 heteroatoms. The predicted molar refractivity (Wildman–Crippen MR) is 72.4 cm³/mol. The van der Waals surface area contributed by atoms with Gasteiger partial charge < -0.3 is 4.55 Å². The molecular formula is C14H12FNOS. The van der Waals surface area contributed by atoms with Gasteiger partial charge in [-0.1, -0.05) is 12.1 Å². The number of aliphatic imine (C=N–C) groups is 1. The van der Waals surface area contributed by atoms with E-state index in [-0.39, 0.29) is 5.82 Å². The molecule has 0 radical (unpaired) electrons. The normalized spacial score (nSPS) is 12.8. The smallest absolute Gasteiger partial charge is 0.152 e. The number of hydrogen-bond acceptors (Lipinski definition) is 2. The van der Waals surface area contributed by atoms with Gasteiger partial charge in [-0.3, -0.25) is 4.99 Å². The van der Waals surface area contributed by atoms with E-state index in [1.165, 1.54) is 12.1 Å². The maximum Gasteiger partial charge on any atom is 0.152 e. The third-order valence-corrected chi connectivity index (χ3v) is 3.34. The first-order chi connectivity index (χ1) is 8.65. The zero-order valence-corrected chi connectivity index (χ0v) is 10.7. The Kier molecular flexibility index (Phi) is 4.12. The molecule has 2 aromatic carbocycles. The second-order valence-electron chi connectivity index (χ2n) is 3.76. The highest BCUT2D eigenvalue weighted by Gasteiger charge is 2.01. The minimum atomic E-state index is -0.973. The van der Waals surface area contributed by atoms with Crippen LogP contribution < -0.4 is 0 Å². The molecule has 1 atom stereocenters. The molecule has 92 valence electrons. The molecular weight excluding hydrogens is 249 g/mol. The van der Waals surface area contributed by atoms with Crippen molar-refractivity contribution in [3.05, 3.63) is 59.9 Å². The van der Waals surface area contributed by atoms with Crippen LogP contribution in [0.3, 0.4) is 0 Å². The van der Waals surface area contributed by atoms with Crippen LogP contribution in [-0.2, 0) is 11.2 Å². The van der Waals surface area contributed by atoms with Crippen LogP contribution >= 0.6 is 0 Å². The Bertz CT molecular complexity index is 535. The van der Waals surface area contributed by atoms with E-state index < -0.39 is 11.2 Å². The van der Waals surface area contributed by atoms with E-state index >= 15 is 0 Å². The van der Waals surface area contributed by atoms with Crippen LogP contribution in [0.15, 0.2) is 58.4 Å². The summed E-state index contributed by atoms with van der Waals surface area (Å²) in [6, 6.07) is 13.3. The minimum Gasteiger partial charge on any atom is -0.612 e. The Balaban J connectivity index is 2.11. The Morgan fingerprint density at radius 2 is 1.67 bits per heavy atom. The summed E-state index contributed by atoms with van der Waals surface area (Å²) in [6.45, 7) is 0. The maximum atomic E-state index is 12.7. The molecule has 0 amide bonds. The quantitative estimate of drug-likeness (QED) is 0.616. The average Bonchev–Trinajstić information content (AvgIpc) is 2.38. The van der Waals surface area contributed by atoms with Crippen LogP contribution in [0, 0.1) is 5.82 Å². The second kappa shape index (κ2) is 5.80. The fraction of sp³-hybridized carbons (Fsp3) is 0.0714. The van der Waals surface area contributed by atoms with Gasteiger partial charge in [0, 0.05) is 6.21 Å². The molecule has 0 N–H and O–H groups in total. The van der Waals surface area contributed by atoms with Gasteiger partial charge in [0.05, 0.1) is 5.69 Å². The van der Waals surface area contributed by atoms with E-state index in [0.717, 1.165) is 16.1 Å². The number of hydrogen-bond donors (Lipinski definition) is 0. The first-order valence-electron chi connectivity index (χ1n) is 5.38. The van der Waals surface area contributed by atoms with E-state index in [1.807, 2.05) is 0 Å². The molecule has 1 unspecified atom stereocenters. The molecule has 2 nitrogen and oxygen atoms in total. The molecule has 0 spiro atoms. The van der Waals surface area contributed by atoms with Crippen LogP contribution in [0.2, 0.25) is 0 Å². The van der Waals surface area contributed by atoms with Crippen molar-refractivity contribution in [2.45, 2.75) is 4.90 Å². The molecule has 0 saturated heterocycles. The Morgan fingerprint density at radius 3 is 2.22 bits per heavy atom. The second-order valence-corrected chi connectivity index (χ2v) is 5.14. The van der Waals surface area contributed by atoms with Crippen LogP contribution in [0.4, 0.5) is 10.1 Å². The summed E-state index contributed by atoms with van der Waals surface area (Å²) in [5.74, 6) is -0.262. The van der Waals surface area contributed by atoms with E-state index in [9.17, 15) is 8.94 Å². The number of halogens is 1. The monoisotopic (exact) mass is 261 g/mol. The average molecular weight is 261 g/mol. The molecule has 0 aliphatic heterocycles. The molecule has 0 fully saturated rings. The van der Waals surface area contributed by atoms with Crippen molar-refractivity contribution in [3.8, 4) is 0 Å². The lowest BCUT2D eigenvalue weighted by Gasteiger charge is -2.03. The van der Waals surface area contributed by atoms with Gasteiger partial charge in [-0.15, -0.1) is 0 Å². The topological polar surface area (TPSA) is 35.4 Å². The van der Waals surface area contributed by atoms with Crippen LogP contribution in [0.5, 0.6) is 0 Å². The molecule has 0 heterocycles. The third kappa shape index (κ3) is 3.42. The van der Waals surface area contributed by atoms with Crippen LogP contribution in [-0.4, -0.2) is 17.0 Å². The van der Waals surface area contributed by atoms with Crippen molar-refractivity contribution in [3.63, 3.8) is 0 Å². The Morgan fingerprint density at radius 1 is 1.06 bits per heavy atom. The molecule has 0 bridgehead atoms. The lowest BCUT2D eigenvalue weighted by Crippen LogP contribution is -1.95. The third-order valence-electron chi connectivity index (χ3n) is 2.40. The van der Waals surface area contributed by atoms with Gasteiger partial charge in [0.25, 0.3) is 0 Å². The highest BCUT2D eigenvalue weighted by atomic mass is 32.2. The zero-order chi connectivity index (χ0) is 13.0. The fourth-order valence-corrected chi connectivity index (χ4v) is 1.94. The molecule has 0 aliphatic carbocycles. The lowest BCUT2D eigenvalue weighted by atomic mass is 10.2. The molecule has 2 aromatic rings. The van der Waals surface area contributed by atoms with Crippen molar-refractivity contribution in [2.24, 2.45) is 4.99 Å². The van der Waals surface area contributed by atoms with E-state index in [4.69, 9.17) is 0 Å². The van der Waals surface area contributed by atoms with Gasteiger partial charge in [-0.2, -0.15) is 0 Å². The largest absolute Gasteiger partial charge is 0.612 e. The van der Waals surface area contributed by atoms with Crippen molar-refractivity contribution in [1.82, 2.24) is 0 Å². The van der Waals surface area contributed by atoms with Gasteiger partial charge in [-0.25, -0.2) is 4.39 Å². The molecule has 0 saturated carbocycles. The summed E-state index contributed by atoms with van der Waals surface area (Å²) >= 11 is -0.973. The standard InChI is InChI=1S/C14H12FNOS/c1-18(17)14-8-6-13(7-9-14)16-10-11-2-4-12(15)5-3-11/h2-10H,1H3/b16-10+. The molecule has 0 aromatic heterocycles. The van der Waals surface area contributed by atoms with Crippen LogP contribution in [0.1, 0.15) is 5.56 Å². The van der Waals surface area contributed by atoms with Gasteiger partial charge in [0.2, 0.25) is 0 Å². The molecule has 18 heavy (non-hydrogen) atoms. The van der Waals surface area contributed by atoms with E-state index in [2.05, 4.69) is 4.99 Å². The molecule has 0 aliphatic rings. The first-order valence-corrected chi connectivity index (χ1v) is 6.94. The van der Waals surface area contributed by atoms with Gasteiger partial charge in [-0.05, 0) is 53.1 Å². The summed E-state index contributed by atoms with van der Waals surface area (Å²) in [6.07, 6.45) is 3.30. The summed E-state index contributed by atoms with van der Waals surface area (Å²) in [5.41, 5.74) is 1.60. The van der Waals surface area contributed by atoms with E-state index in [1.54, 1.807) is 48.9 Å². The lowest BCUT2D eigenvalue weighted by molar-refractivity contribution is 0.601. The zero-order valence-electron chi connectivity index (χ0n) is 9.84. The summed E-state index contributed by atoms with van der Waals surface area (Å²) < 4.78 is 23.9. The van der Waals surface area contributed by atoms with Crippen LogP contribution in [0.25, 0.3) is 0 Å². The van der Waals surface area contributed by atoms with Crippen molar-refractivity contribution >= 4 is 23.1 Å². The Labute approximate surface area is 108 Å². The van der Waals surface area contributed by atoms with Gasteiger partial charge in [0.1, 0.15) is 12.1 Å². The Hall–Kier alpha value is -1.65. The summed E-state index contributed by atoms with van der Waals surface area (Å²) in [4.78, 5) is 5.03. The highest BCUT2D eigenvalue weighted by molar-refractivity contribution is 7.90. The van der Waals surface area contributed by atoms with Gasteiger partial charge in [0.15, 0.2) is 4.90 Å². The summed E-state index contributed by atoms with van der Waals surface area (Å²) in [7, 11) is 0. The van der Waals surface area contributed by atoms with Crippen molar-refractivity contribution in [1.29, 1.82) is 0 Å². The summed E-state index contributed by atoms with van der Waals surface area (Å²) in [5, 5.41) is 0. The predicted octanol–water partition coefficient (Wildman–Crippen LogP) is 3.31. The minimum absolute atomic E-state index is 0.262. The number of rotatable bonds is 3. The van der Waals surface area contributed by atoms with Gasteiger partial charge >= 0.3 is 0 Å². The van der Waals surface area contributed by atoms with Crippen molar-refractivity contribution < 1.29 is 8.94 Å². The van der Waals surface area contributed by atoms with E-state index in [0.29, 0.717) is 0 Å². The molecule has 2 rings (SSSR count). The first kappa shape index (κ1) is 12.8. The SMILES string of the molecule is C[S+]([O-])c1ccc(/N=C/c2ccc(F)cc2)cc1. The fourth-order valence-electron chi connectivity index (χ4n) is 1.42. The van der Waals surface area contributed by atoms with Crippen molar-refractivity contribution in [2.75, 3.05) is 6.26 Å². The maximum absolute atomic E-state index is 12.7. The number of nitrogens with zero attached hydrogens (tertiary/aromatic N) is 1.